The Kier molecular flexibility index (Phi) is 3.46. The highest BCUT2D eigenvalue weighted by Gasteiger charge is 2.25. The molecule has 0 amide bonds. The van der Waals surface area contributed by atoms with Gasteiger partial charge in [-0.05, 0) is 19.3 Å². The Hall–Kier alpha value is -1.07. The van der Waals surface area contributed by atoms with E-state index >= 15 is 0 Å². The molecule has 1 aromatic rings. The minimum Gasteiger partial charge on any atom is -0.487 e. The normalized spacial score (nSPS) is 25.3. The molecular weight excluding hydrogens is 228 g/mol. The number of hydrogen-bond donors (Lipinski definition) is 2. The molecule has 1 aromatic heterocycles. The average molecular weight is 242 g/mol. The molecule has 1 aliphatic rings. The van der Waals surface area contributed by atoms with Crippen LogP contribution in [-0.4, -0.2) is 28.4 Å². The Morgan fingerprint density at radius 2 is 2.19 bits per heavy atom. The highest BCUT2D eigenvalue weighted by atomic mass is 32.1. The number of carboxylic acids is 1. The lowest BCUT2D eigenvalue weighted by atomic mass is 9.95. The predicted octanol–water partition coefficient (Wildman–Crippen LogP) is 2.13. The third-order valence-electron chi connectivity index (χ3n) is 2.74. The van der Waals surface area contributed by atoms with Gasteiger partial charge in [0.15, 0.2) is 0 Å². The second-order valence-electron chi connectivity index (χ2n) is 3.96. The lowest BCUT2D eigenvalue weighted by Crippen LogP contribution is -2.34. The maximum Gasteiger partial charge on any atom is 0.346 e. The van der Waals surface area contributed by atoms with Crippen molar-refractivity contribution in [1.82, 2.24) is 0 Å². The van der Waals surface area contributed by atoms with Crippen molar-refractivity contribution in [3.8, 4) is 5.75 Å². The number of thiophene rings is 1. The first-order chi connectivity index (χ1) is 7.66. The minimum atomic E-state index is -0.941. The summed E-state index contributed by atoms with van der Waals surface area (Å²) >= 11 is 1.14. The van der Waals surface area contributed by atoms with Gasteiger partial charge in [-0.2, -0.15) is 0 Å². The maximum atomic E-state index is 10.7. The summed E-state index contributed by atoms with van der Waals surface area (Å²) in [5.41, 5.74) is 0. The van der Waals surface area contributed by atoms with E-state index in [0.717, 1.165) is 37.0 Å². The summed E-state index contributed by atoms with van der Waals surface area (Å²) in [6.07, 6.45) is 3.06. The fraction of sp³-hybridized carbons (Fsp3) is 0.545. The van der Waals surface area contributed by atoms with E-state index in [1.54, 1.807) is 5.38 Å². The van der Waals surface area contributed by atoms with Crippen molar-refractivity contribution in [3.05, 3.63) is 16.3 Å². The second-order valence-corrected chi connectivity index (χ2v) is 4.87. The van der Waals surface area contributed by atoms with Gasteiger partial charge in [0, 0.05) is 11.4 Å². The zero-order chi connectivity index (χ0) is 11.5. The molecule has 0 aliphatic heterocycles. The van der Waals surface area contributed by atoms with Crippen LogP contribution in [0.25, 0.3) is 0 Å². The molecule has 2 rings (SSSR count). The average Bonchev–Trinajstić information content (AvgIpc) is 2.70. The third kappa shape index (κ3) is 2.54. The van der Waals surface area contributed by atoms with Crippen LogP contribution in [0, 0.1) is 0 Å². The monoisotopic (exact) mass is 242 g/mol. The van der Waals surface area contributed by atoms with Crippen molar-refractivity contribution < 1.29 is 19.7 Å². The fourth-order valence-corrected chi connectivity index (χ4v) is 2.53. The van der Waals surface area contributed by atoms with E-state index in [1.807, 2.05) is 0 Å². The molecule has 1 saturated carbocycles. The van der Waals surface area contributed by atoms with Crippen LogP contribution in [-0.2, 0) is 0 Å². The molecule has 0 radical (unpaired) electrons. The van der Waals surface area contributed by atoms with Crippen LogP contribution in [0.4, 0.5) is 0 Å². The summed E-state index contributed by atoms with van der Waals surface area (Å²) in [6, 6.07) is 1.51. The molecule has 0 bridgehead atoms. The van der Waals surface area contributed by atoms with Crippen molar-refractivity contribution in [2.75, 3.05) is 0 Å². The number of hydrogen-bond acceptors (Lipinski definition) is 4. The van der Waals surface area contributed by atoms with E-state index in [-0.39, 0.29) is 11.0 Å². The molecule has 1 fully saturated rings. The van der Waals surface area contributed by atoms with Crippen LogP contribution in [0.2, 0.25) is 0 Å². The van der Waals surface area contributed by atoms with Gasteiger partial charge in [0.25, 0.3) is 0 Å². The lowest BCUT2D eigenvalue weighted by molar-refractivity contribution is 0.00707. The first-order valence-electron chi connectivity index (χ1n) is 5.33. The number of aliphatic hydroxyl groups is 1. The Balaban J connectivity index is 1.99. The predicted molar refractivity (Wildman–Crippen MR) is 60.2 cm³/mol. The van der Waals surface area contributed by atoms with E-state index in [2.05, 4.69) is 0 Å². The minimum absolute atomic E-state index is 0.190. The van der Waals surface area contributed by atoms with E-state index in [0.29, 0.717) is 5.75 Å². The van der Waals surface area contributed by atoms with Crippen molar-refractivity contribution in [3.63, 3.8) is 0 Å². The van der Waals surface area contributed by atoms with Crippen LogP contribution in [0.1, 0.15) is 35.4 Å². The van der Waals surface area contributed by atoms with Crippen molar-refractivity contribution in [1.29, 1.82) is 0 Å². The zero-order valence-corrected chi connectivity index (χ0v) is 9.57. The molecule has 16 heavy (non-hydrogen) atoms. The van der Waals surface area contributed by atoms with E-state index in [4.69, 9.17) is 9.84 Å². The first-order valence-corrected chi connectivity index (χ1v) is 6.21. The number of aromatic carboxylic acids is 1. The Morgan fingerprint density at radius 1 is 1.44 bits per heavy atom. The highest BCUT2D eigenvalue weighted by Crippen LogP contribution is 2.27. The highest BCUT2D eigenvalue weighted by molar-refractivity contribution is 7.12. The van der Waals surface area contributed by atoms with Gasteiger partial charge in [-0.25, -0.2) is 4.79 Å². The molecule has 1 heterocycles. The number of carboxylic acid groups (broad SMARTS) is 1. The van der Waals surface area contributed by atoms with Crippen LogP contribution in [0.3, 0.4) is 0 Å². The van der Waals surface area contributed by atoms with Gasteiger partial charge < -0.3 is 14.9 Å². The smallest absolute Gasteiger partial charge is 0.346 e. The largest absolute Gasteiger partial charge is 0.487 e. The molecule has 2 N–H and O–H groups in total. The van der Waals surface area contributed by atoms with Crippen LogP contribution >= 0.6 is 11.3 Å². The van der Waals surface area contributed by atoms with Gasteiger partial charge in [0.2, 0.25) is 0 Å². The quantitative estimate of drug-likeness (QED) is 0.852. The molecule has 5 heteroatoms. The van der Waals surface area contributed by atoms with Gasteiger partial charge in [-0.1, -0.05) is 6.42 Å². The first kappa shape index (κ1) is 11.4. The zero-order valence-electron chi connectivity index (χ0n) is 8.76. The van der Waals surface area contributed by atoms with Crippen molar-refractivity contribution >= 4 is 17.3 Å². The molecule has 1 aliphatic carbocycles. The second kappa shape index (κ2) is 4.84. The van der Waals surface area contributed by atoms with Crippen molar-refractivity contribution in [2.24, 2.45) is 0 Å². The van der Waals surface area contributed by atoms with Crippen LogP contribution in [0.5, 0.6) is 5.75 Å². The van der Waals surface area contributed by atoms with Gasteiger partial charge in [0.05, 0.1) is 6.10 Å². The number of ether oxygens (including phenoxy) is 1. The molecule has 0 aromatic carbocycles. The van der Waals surface area contributed by atoms with E-state index < -0.39 is 12.1 Å². The van der Waals surface area contributed by atoms with Gasteiger partial charge in [-0.15, -0.1) is 11.3 Å². The van der Waals surface area contributed by atoms with Gasteiger partial charge in [0.1, 0.15) is 16.7 Å². The summed E-state index contributed by atoms with van der Waals surface area (Å²) in [6.45, 7) is 0. The SMILES string of the molecule is O=C(O)c1cc(OC2CCCCC2O)cs1. The molecule has 0 spiro atoms. The lowest BCUT2D eigenvalue weighted by Gasteiger charge is -2.27. The summed E-state index contributed by atoms with van der Waals surface area (Å²) in [4.78, 5) is 10.9. The Labute approximate surface area is 97.5 Å². The third-order valence-corrected chi connectivity index (χ3v) is 3.64. The molecule has 4 nitrogen and oxygen atoms in total. The number of rotatable bonds is 3. The van der Waals surface area contributed by atoms with E-state index in [9.17, 15) is 9.90 Å². The molecule has 2 unspecified atom stereocenters. The number of aliphatic hydroxyl groups excluding tert-OH is 1. The molecule has 88 valence electrons. The summed E-state index contributed by atoms with van der Waals surface area (Å²) in [5.74, 6) is -0.391. The van der Waals surface area contributed by atoms with Crippen LogP contribution in [0.15, 0.2) is 11.4 Å². The summed E-state index contributed by atoms with van der Waals surface area (Å²) in [7, 11) is 0. The molecule has 0 saturated heterocycles. The Bertz CT molecular complexity index is 374. The summed E-state index contributed by atoms with van der Waals surface area (Å²) in [5, 5.41) is 20.1. The van der Waals surface area contributed by atoms with Gasteiger partial charge >= 0.3 is 5.97 Å². The Morgan fingerprint density at radius 3 is 2.81 bits per heavy atom. The maximum absolute atomic E-state index is 10.7. The van der Waals surface area contributed by atoms with E-state index in [1.165, 1.54) is 6.07 Å². The van der Waals surface area contributed by atoms with Gasteiger partial charge in [-0.3, -0.25) is 0 Å². The standard InChI is InChI=1S/C11H14O4S/c12-8-3-1-2-4-9(8)15-7-5-10(11(13)14)16-6-7/h5-6,8-9,12H,1-4H2,(H,13,14). The summed E-state index contributed by atoms with van der Waals surface area (Å²) < 4.78 is 5.60. The molecular formula is C11H14O4S. The van der Waals surface area contributed by atoms with Crippen LogP contribution < -0.4 is 4.74 Å². The number of carbonyl (C=O) groups is 1. The van der Waals surface area contributed by atoms with Crippen molar-refractivity contribution in [2.45, 2.75) is 37.9 Å². The molecule has 2 atom stereocenters. The fourth-order valence-electron chi connectivity index (χ4n) is 1.88. The topological polar surface area (TPSA) is 66.8 Å².